The molecule has 1 aliphatic carbocycles. The highest BCUT2D eigenvalue weighted by Gasteiger charge is 2.34. The molecule has 2 fully saturated rings. The van der Waals surface area contributed by atoms with Crippen LogP contribution in [0.3, 0.4) is 0 Å². The summed E-state index contributed by atoms with van der Waals surface area (Å²) in [5.41, 5.74) is 0.718. The van der Waals surface area contributed by atoms with Gasteiger partial charge in [0.25, 0.3) is 5.91 Å². The molecule has 1 saturated carbocycles. The molecule has 3 aliphatic rings. The minimum atomic E-state index is 0.146. The van der Waals surface area contributed by atoms with E-state index in [1.165, 1.54) is 17.7 Å². The van der Waals surface area contributed by atoms with E-state index >= 15 is 0 Å². The maximum Gasteiger partial charge on any atom is 0.254 e. The van der Waals surface area contributed by atoms with Crippen molar-refractivity contribution in [1.82, 2.24) is 9.80 Å². The van der Waals surface area contributed by atoms with Crippen LogP contribution >= 0.6 is 11.3 Å². The molecule has 5 rings (SSSR count). The summed E-state index contributed by atoms with van der Waals surface area (Å²) in [6, 6.07) is 10.3. The number of carbonyl (C=O) groups excluding carboxylic acids is 1. The normalized spacial score (nSPS) is 19.4. The van der Waals surface area contributed by atoms with Gasteiger partial charge < -0.3 is 19.3 Å². The quantitative estimate of drug-likeness (QED) is 0.688. The van der Waals surface area contributed by atoms with Gasteiger partial charge in [0, 0.05) is 42.7 Å². The number of likely N-dealkylation sites (tertiary alicyclic amines) is 1. The van der Waals surface area contributed by atoms with Crippen LogP contribution in [-0.2, 0) is 6.42 Å². The van der Waals surface area contributed by atoms with Crippen LogP contribution in [0.4, 0.5) is 0 Å². The molecule has 0 radical (unpaired) electrons. The highest BCUT2D eigenvalue weighted by Crippen LogP contribution is 2.35. The minimum Gasteiger partial charge on any atom is -0.454 e. The Bertz CT molecular complexity index is 842. The zero-order chi connectivity index (χ0) is 19.6. The number of rotatable bonds is 7. The maximum absolute atomic E-state index is 13.4. The summed E-state index contributed by atoms with van der Waals surface area (Å²) in [6.45, 7) is 4.40. The lowest BCUT2D eigenvalue weighted by atomic mass is 10.0. The van der Waals surface area contributed by atoms with Gasteiger partial charge in [-0.15, -0.1) is 11.3 Å². The van der Waals surface area contributed by atoms with Gasteiger partial charge in [-0.3, -0.25) is 4.79 Å². The fourth-order valence-corrected chi connectivity index (χ4v) is 5.05. The third-order valence-corrected chi connectivity index (χ3v) is 7.22. The molecule has 1 saturated heterocycles. The van der Waals surface area contributed by atoms with Crippen LogP contribution in [0, 0.1) is 5.92 Å². The van der Waals surface area contributed by atoms with Crippen molar-refractivity contribution in [2.45, 2.75) is 38.1 Å². The number of thiophene rings is 1. The van der Waals surface area contributed by atoms with Crippen molar-refractivity contribution >= 4 is 17.2 Å². The van der Waals surface area contributed by atoms with Gasteiger partial charge in [0.15, 0.2) is 11.5 Å². The van der Waals surface area contributed by atoms with E-state index in [0.717, 1.165) is 56.8 Å². The van der Waals surface area contributed by atoms with Crippen molar-refractivity contribution in [1.29, 1.82) is 0 Å². The van der Waals surface area contributed by atoms with E-state index in [1.54, 1.807) is 0 Å². The molecule has 2 aliphatic heterocycles. The van der Waals surface area contributed by atoms with Gasteiger partial charge in [-0.25, -0.2) is 0 Å². The van der Waals surface area contributed by atoms with E-state index < -0.39 is 0 Å². The summed E-state index contributed by atoms with van der Waals surface area (Å²) < 4.78 is 10.9. The van der Waals surface area contributed by atoms with Gasteiger partial charge in [-0.2, -0.15) is 0 Å². The fourth-order valence-electron chi connectivity index (χ4n) is 4.35. The van der Waals surface area contributed by atoms with Crippen LogP contribution in [0.25, 0.3) is 0 Å². The first-order valence-electron chi connectivity index (χ1n) is 10.7. The Kier molecular flexibility index (Phi) is 5.46. The zero-order valence-corrected chi connectivity index (χ0v) is 17.5. The average Bonchev–Trinajstić information content (AvgIpc) is 3.22. The number of nitrogens with zero attached hydrogens (tertiary/aromatic N) is 2. The van der Waals surface area contributed by atoms with Crippen molar-refractivity contribution in [2.24, 2.45) is 5.92 Å². The molecule has 0 spiro atoms. The molecule has 0 bridgehead atoms. The number of hydrogen-bond donors (Lipinski definition) is 0. The van der Waals surface area contributed by atoms with Crippen molar-refractivity contribution in [3.05, 3.63) is 46.2 Å². The molecule has 29 heavy (non-hydrogen) atoms. The molecule has 0 atom stereocenters. The van der Waals surface area contributed by atoms with E-state index in [1.807, 2.05) is 29.5 Å². The number of fused-ring (bicyclic) bond motifs is 1. The Hall–Kier alpha value is -2.05. The summed E-state index contributed by atoms with van der Waals surface area (Å²) in [5.74, 6) is 2.25. The molecular formula is C23H28N2O3S. The lowest BCUT2D eigenvalue weighted by Gasteiger charge is -2.39. The van der Waals surface area contributed by atoms with E-state index in [4.69, 9.17) is 9.47 Å². The van der Waals surface area contributed by atoms with Crippen LogP contribution in [0.2, 0.25) is 0 Å². The molecular weight excluding hydrogens is 384 g/mol. The van der Waals surface area contributed by atoms with Crippen molar-refractivity contribution in [3.8, 4) is 11.5 Å². The molecule has 1 amide bonds. The van der Waals surface area contributed by atoms with Crippen LogP contribution in [0.1, 0.15) is 40.9 Å². The van der Waals surface area contributed by atoms with Gasteiger partial charge in [0.05, 0.1) is 0 Å². The molecule has 0 N–H and O–H groups in total. The molecule has 5 nitrogen and oxygen atoms in total. The summed E-state index contributed by atoms with van der Waals surface area (Å²) >= 11 is 1.84. The van der Waals surface area contributed by atoms with Gasteiger partial charge in [0.1, 0.15) is 0 Å². The number of carbonyl (C=O) groups is 1. The van der Waals surface area contributed by atoms with E-state index in [2.05, 4.69) is 27.3 Å². The zero-order valence-electron chi connectivity index (χ0n) is 16.7. The van der Waals surface area contributed by atoms with Crippen molar-refractivity contribution in [2.75, 3.05) is 33.0 Å². The molecule has 6 heteroatoms. The minimum absolute atomic E-state index is 0.146. The first kappa shape index (κ1) is 18.9. The maximum atomic E-state index is 13.4. The largest absolute Gasteiger partial charge is 0.454 e. The number of amides is 1. The Labute approximate surface area is 176 Å². The topological polar surface area (TPSA) is 42.0 Å². The summed E-state index contributed by atoms with van der Waals surface area (Å²) in [4.78, 5) is 19.6. The Morgan fingerprint density at radius 1 is 1.10 bits per heavy atom. The Morgan fingerprint density at radius 2 is 1.93 bits per heavy atom. The SMILES string of the molecule is O=C(c1ccc2c(c1)OCO2)N(CC1CC1)C1CCN(CCc2cccs2)CC1. The molecule has 0 unspecified atom stereocenters. The molecule has 1 aromatic heterocycles. The summed E-state index contributed by atoms with van der Waals surface area (Å²) in [6.07, 6.45) is 5.76. The standard InChI is InChI=1S/C23H28N2O3S/c26-23(18-5-6-21-22(14-18)28-16-27-21)25(15-17-3-4-17)19-7-10-24(11-8-19)12-9-20-2-1-13-29-20/h1-2,5-6,13-14,17,19H,3-4,7-12,15-16H2. The monoisotopic (exact) mass is 412 g/mol. The van der Waals surface area contributed by atoms with Crippen LogP contribution < -0.4 is 9.47 Å². The third-order valence-electron chi connectivity index (χ3n) is 6.28. The van der Waals surface area contributed by atoms with Crippen LogP contribution in [0.5, 0.6) is 11.5 Å². The van der Waals surface area contributed by atoms with Gasteiger partial charge in [0.2, 0.25) is 6.79 Å². The molecule has 3 heterocycles. The van der Waals surface area contributed by atoms with Gasteiger partial charge in [-0.1, -0.05) is 6.07 Å². The molecule has 2 aromatic rings. The first-order chi connectivity index (χ1) is 14.3. The lowest BCUT2D eigenvalue weighted by Crippen LogP contribution is -2.48. The van der Waals surface area contributed by atoms with Crippen LogP contribution in [-0.4, -0.2) is 54.7 Å². The number of hydrogen-bond acceptors (Lipinski definition) is 5. The Balaban J connectivity index is 1.22. The highest BCUT2D eigenvalue weighted by atomic mass is 32.1. The third kappa shape index (κ3) is 4.43. The van der Waals surface area contributed by atoms with Crippen molar-refractivity contribution < 1.29 is 14.3 Å². The first-order valence-corrected chi connectivity index (χ1v) is 11.6. The fraction of sp³-hybridized carbons (Fsp3) is 0.522. The average molecular weight is 413 g/mol. The number of ether oxygens (including phenoxy) is 2. The second-order valence-electron chi connectivity index (χ2n) is 8.37. The van der Waals surface area contributed by atoms with E-state index in [0.29, 0.717) is 17.7 Å². The highest BCUT2D eigenvalue weighted by molar-refractivity contribution is 7.09. The van der Waals surface area contributed by atoms with Gasteiger partial charge >= 0.3 is 0 Å². The second-order valence-corrected chi connectivity index (χ2v) is 9.40. The number of piperidine rings is 1. The predicted octanol–water partition coefficient (Wildman–Crippen LogP) is 4.04. The smallest absolute Gasteiger partial charge is 0.254 e. The van der Waals surface area contributed by atoms with Crippen molar-refractivity contribution in [3.63, 3.8) is 0 Å². The van der Waals surface area contributed by atoms with Crippen LogP contribution in [0.15, 0.2) is 35.7 Å². The lowest BCUT2D eigenvalue weighted by molar-refractivity contribution is 0.0560. The summed E-state index contributed by atoms with van der Waals surface area (Å²) in [5, 5.41) is 2.15. The molecule has 1 aromatic carbocycles. The van der Waals surface area contributed by atoms with Gasteiger partial charge in [-0.05, 0) is 67.7 Å². The number of benzene rings is 1. The predicted molar refractivity (Wildman–Crippen MR) is 114 cm³/mol. The Morgan fingerprint density at radius 3 is 2.69 bits per heavy atom. The van der Waals surface area contributed by atoms with E-state index in [9.17, 15) is 4.79 Å². The second kappa shape index (κ2) is 8.36. The summed E-state index contributed by atoms with van der Waals surface area (Å²) in [7, 11) is 0. The van der Waals surface area contributed by atoms with E-state index in [-0.39, 0.29) is 12.7 Å². The molecule has 154 valence electrons.